The van der Waals surface area contributed by atoms with E-state index in [-0.39, 0.29) is 11.2 Å². The second-order valence-corrected chi connectivity index (χ2v) is 12.1. The number of hydrogen-bond donors (Lipinski definition) is 1. The predicted octanol–water partition coefficient (Wildman–Crippen LogP) is 6.57. The van der Waals surface area contributed by atoms with Gasteiger partial charge in [-0.1, -0.05) is 56.3 Å². The third-order valence-corrected chi connectivity index (χ3v) is 8.43. The Kier molecular flexibility index (Phi) is 8.12. The van der Waals surface area contributed by atoms with Crippen LogP contribution in [-0.2, 0) is 16.1 Å². The Labute approximate surface area is 249 Å². The van der Waals surface area contributed by atoms with Crippen LogP contribution in [0.25, 0.3) is 10.8 Å². The number of methoxy groups -OCH3 is 2. The van der Waals surface area contributed by atoms with Crippen molar-refractivity contribution < 1.29 is 19.0 Å². The molecule has 0 amide bonds. The van der Waals surface area contributed by atoms with Gasteiger partial charge in [-0.15, -0.1) is 0 Å². The van der Waals surface area contributed by atoms with Crippen molar-refractivity contribution >= 4 is 32.5 Å². The van der Waals surface area contributed by atoms with E-state index in [2.05, 4.69) is 54.0 Å². The van der Waals surface area contributed by atoms with Crippen molar-refractivity contribution in [2.45, 2.75) is 39.2 Å². The van der Waals surface area contributed by atoms with Gasteiger partial charge in [0.25, 0.3) is 0 Å². The number of Topliss-reactive ketones (excluding diaryl/α,β-unsaturated/α-hetero) is 1. The number of halogens is 1. The number of hydrogen-bond acceptors (Lipinski definition) is 7. The molecule has 0 spiro atoms. The fraction of sp³-hybridized carbons (Fsp3) is 0.333. The van der Waals surface area contributed by atoms with Crippen LogP contribution in [0.15, 0.2) is 81.7 Å². The largest absolute Gasteiger partial charge is 0.493 e. The summed E-state index contributed by atoms with van der Waals surface area (Å²) in [6.07, 6.45) is 1.06. The van der Waals surface area contributed by atoms with Crippen LogP contribution in [-0.4, -0.2) is 38.1 Å². The third kappa shape index (κ3) is 5.44. The first-order valence-electron chi connectivity index (χ1n) is 13.6. The zero-order chi connectivity index (χ0) is 29.3. The van der Waals surface area contributed by atoms with Gasteiger partial charge in [0.2, 0.25) is 0 Å². The van der Waals surface area contributed by atoms with Crippen molar-refractivity contribution in [1.29, 1.82) is 5.26 Å². The molecule has 2 N–H and O–H groups in total. The first-order chi connectivity index (χ1) is 19.7. The lowest BCUT2D eigenvalue weighted by molar-refractivity contribution is -0.118. The zero-order valence-corrected chi connectivity index (χ0v) is 25.4. The van der Waals surface area contributed by atoms with Crippen molar-refractivity contribution in [2.75, 3.05) is 27.4 Å². The van der Waals surface area contributed by atoms with Gasteiger partial charge in [0, 0.05) is 31.3 Å². The summed E-state index contributed by atoms with van der Waals surface area (Å²) < 4.78 is 18.1. The molecule has 0 radical (unpaired) electrons. The molecule has 1 atom stereocenters. The molecule has 0 saturated heterocycles. The molecule has 1 aliphatic carbocycles. The SMILES string of the molecule is COCCN1C(N)=C(C#N)[C@@H](c2cc(Br)c(OCc3cccc4ccccc34)c(OC)c2)C2=C1CC(C)(C)CC2=O. The molecular weight excluding hydrogens is 582 g/mol. The highest BCUT2D eigenvalue weighted by Crippen LogP contribution is 2.50. The van der Waals surface area contributed by atoms with Crippen LogP contribution in [0.3, 0.4) is 0 Å². The number of carbonyl (C=O) groups excluding carboxylic acids is 1. The van der Waals surface area contributed by atoms with Crippen LogP contribution in [0.2, 0.25) is 0 Å². The lowest BCUT2D eigenvalue weighted by atomic mass is 9.68. The maximum absolute atomic E-state index is 13.7. The van der Waals surface area contributed by atoms with Crippen molar-refractivity contribution in [1.82, 2.24) is 4.90 Å². The van der Waals surface area contributed by atoms with Gasteiger partial charge in [-0.05, 0) is 61.8 Å². The number of ketones is 1. The zero-order valence-electron chi connectivity index (χ0n) is 23.8. The van der Waals surface area contributed by atoms with Crippen LogP contribution < -0.4 is 15.2 Å². The van der Waals surface area contributed by atoms with Gasteiger partial charge in [-0.3, -0.25) is 4.79 Å². The Bertz CT molecular complexity index is 1610. The molecular formula is C33H34BrN3O4. The summed E-state index contributed by atoms with van der Waals surface area (Å²) in [5.74, 6) is 0.802. The Balaban J connectivity index is 1.57. The van der Waals surface area contributed by atoms with Crippen molar-refractivity contribution in [2.24, 2.45) is 11.1 Å². The number of allylic oxidation sites excluding steroid dienone is 3. The fourth-order valence-electron chi connectivity index (χ4n) is 5.96. The van der Waals surface area contributed by atoms with E-state index in [1.54, 1.807) is 14.2 Å². The summed E-state index contributed by atoms with van der Waals surface area (Å²) >= 11 is 3.69. The fourth-order valence-corrected chi connectivity index (χ4v) is 6.54. The van der Waals surface area contributed by atoms with E-state index in [0.717, 1.165) is 27.6 Å². The summed E-state index contributed by atoms with van der Waals surface area (Å²) in [5, 5.41) is 12.6. The van der Waals surface area contributed by atoms with E-state index in [9.17, 15) is 10.1 Å². The lowest BCUT2D eigenvalue weighted by Crippen LogP contribution is -2.43. The minimum atomic E-state index is -0.616. The topological polar surface area (TPSA) is 97.8 Å². The van der Waals surface area contributed by atoms with Crippen LogP contribution in [0.1, 0.15) is 43.7 Å². The molecule has 0 unspecified atom stereocenters. The van der Waals surface area contributed by atoms with E-state index in [1.807, 2.05) is 41.3 Å². The molecule has 2 aliphatic rings. The average molecular weight is 617 g/mol. The van der Waals surface area contributed by atoms with Gasteiger partial charge in [-0.25, -0.2) is 0 Å². The molecule has 212 valence electrons. The molecule has 0 fully saturated rings. The highest BCUT2D eigenvalue weighted by atomic mass is 79.9. The first kappa shape index (κ1) is 28.7. The standard InChI is InChI=1S/C33H34BrN3O4/c1-33(2)16-26-30(27(38)17-33)29(24(18-35)32(36)37(26)12-13-39-3)22-14-25(34)31(28(15-22)40-4)41-19-21-10-7-9-20-8-5-6-11-23(20)21/h5-11,14-15,29H,12-13,16-17,19,36H2,1-4H3/t29-/m1/s1. The summed E-state index contributed by atoms with van der Waals surface area (Å²) in [5.41, 5.74) is 10.0. The van der Waals surface area contributed by atoms with Gasteiger partial charge in [-0.2, -0.15) is 5.26 Å². The van der Waals surface area contributed by atoms with E-state index >= 15 is 0 Å². The Morgan fingerprint density at radius 2 is 1.88 bits per heavy atom. The molecule has 5 rings (SSSR count). The Hall–Kier alpha value is -3.80. The molecule has 0 saturated carbocycles. The van der Waals surface area contributed by atoms with Crippen molar-refractivity contribution in [3.05, 3.63) is 92.9 Å². The van der Waals surface area contributed by atoms with Gasteiger partial charge in [0.05, 0.1) is 35.7 Å². The molecule has 1 aliphatic heterocycles. The van der Waals surface area contributed by atoms with Gasteiger partial charge in [0.15, 0.2) is 17.3 Å². The van der Waals surface area contributed by atoms with Crippen LogP contribution >= 0.6 is 15.9 Å². The van der Waals surface area contributed by atoms with Gasteiger partial charge in [0.1, 0.15) is 12.4 Å². The molecule has 0 aromatic heterocycles. The number of fused-ring (bicyclic) bond motifs is 1. The molecule has 1 heterocycles. The van der Waals surface area contributed by atoms with E-state index in [4.69, 9.17) is 19.9 Å². The van der Waals surface area contributed by atoms with Gasteiger partial charge < -0.3 is 24.8 Å². The molecule has 8 heteroatoms. The minimum absolute atomic E-state index is 0.0234. The van der Waals surface area contributed by atoms with E-state index in [1.165, 1.54) is 0 Å². The van der Waals surface area contributed by atoms with Crippen LogP contribution in [0.4, 0.5) is 0 Å². The number of nitrogens with two attached hydrogens (primary N) is 1. The van der Waals surface area contributed by atoms with E-state index < -0.39 is 5.92 Å². The first-order valence-corrected chi connectivity index (χ1v) is 14.4. The number of benzene rings is 3. The number of nitrogens with zero attached hydrogens (tertiary/aromatic N) is 2. The molecule has 41 heavy (non-hydrogen) atoms. The lowest BCUT2D eigenvalue weighted by Gasteiger charge is -2.43. The third-order valence-electron chi connectivity index (χ3n) is 7.84. The number of nitriles is 1. The van der Waals surface area contributed by atoms with Crippen LogP contribution in [0, 0.1) is 16.7 Å². The highest BCUT2D eigenvalue weighted by Gasteiger charge is 2.44. The van der Waals surface area contributed by atoms with Crippen LogP contribution in [0.5, 0.6) is 11.5 Å². The quantitative estimate of drug-likeness (QED) is 0.306. The Morgan fingerprint density at radius 3 is 2.61 bits per heavy atom. The smallest absolute Gasteiger partial charge is 0.175 e. The second kappa shape index (κ2) is 11.6. The summed E-state index contributed by atoms with van der Waals surface area (Å²) in [6.45, 7) is 5.37. The maximum Gasteiger partial charge on any atom is 0.175 e. The van der Waals surface area contributed by atoms with Crippen molar-refractivity contribution in [3.8, 4) is 17.6 Å². The molecule has 0 bridgehead atoms. The summed E-state index contributed by atoms with van der Waals surface area (Å²) in [6, 6.07) is 20.4. The number of carbonyl (C=O) groups is 1. The van der Waals surface area contributed by atoms with Gasteiger partial charge >= 0.3 is 0 Å². The maximum atomic E-state index is 13.7. The number of ether oxygens (including phenoxy) is 3. The molecule has 3 aromatic carbocycles. The van der Waals surface area contributed by atoms with E-state index in [0.29, 0.717) is 65.5 Å². The normalized spacial score (nSPS) is 18.4. The molecule has 7 nitrogen and oxygen atoms in total. The average Bonchev–Trinajstić information content (AvgIpc) is 2.94. The monoisotopic (exact) mass is 615 g/mol. The minimum Gasteiger partial charge on any atom is -0.493 e. The summed E-state index contributed by atoms with van der Waals surface area (Å²) in [4.78, 5) is 15.6. The summed E-state index contributed by atoms with van der Waals surface area (Å²) in [7, 11) is 3.20. The number of rotatable bonds is 8. The Morgan fingerprint density at radius 1 is 1.12 bits per heavy atom. The highest BCUT2D eigenvalue weighted by molar-refractivity contribution is 9.10. The van der Waals surface area contributed by atoms with Crippen molar-refractivity contribution in [3.63, 3.8) is 0 Å². The predicted molar refractivity (Wildman–Crippen MR) is 162 cm³/mol. The molecule has 3 aromatic rings. The second-order valence-electron chi connectivity index (χ2n) is 11.3.